The molecule has 2 heterocycles. The number of anilines is 3. The van der Waals surface area contributed by atoms with Crippen molar-refractivity contribution in [2.75, 3.05) is 24.3 Å². The Balaban J connectivity index is 1.84. The molecule has 0 spiro atoms. The van der Waals surface area contributed by atoms with Crippen molar-refractivity contribution in [1.82, 2.24) is 4.98 Å². The Morgan fingerprint density at radius 1 is 1.00 bits per heavy atom. The van der Waals surface area contributed by atoms with Crippen LogP contribution in [0.1, 0.15) is 6.42 Å². The third-order valence-corrected chi connectivity index (χ3v) is 2.80. The Morgan fingerprint density at radius 2 is 1.84 bits per heavy atom. The number of rotatable bonds is 2. The number of benzene rings is 1. The zero-order valence-electron chi connectivity index (χ0n) is 10.4. The maximum atomic E-state index is 5.70. The first kappa shape index (κ1) is 11.6. The van der Waals surface area contributed by atoms with Crippen molar-refractivity contribution in [3.63, 3.8) is 0 Å². The molecule has 1 aliphatic heterocycles. The van der Waals surface area contributed by atoms with Gasteiger partial charge in [-0.1, -0.05) is 0 Å². The summed E-state index contributed by atoms with van der Waals surface area (Å²) in [5.41, 5.74) is 8.08. The largest absolute Gasteiger partial charge is 0.490 e. The molecule has 0 saturated heterocycles. The van der Waals surface area contributed by atoms with Crippen LogP contribution in [0.3, 0.4) is 0 Å². The Bertz CT molecular complexity index is 587. The molecule has 0 atom stereocenters. The van der Waals surface area contributed by atoms with Gasteiger partial charge in [0.05, 0.1) is 30.8 Å². The number of hydrogen-bond donors (Lipinski definition) is 2. The monoisotopic (exact) mass is 257 g/mol. The quantitative estimate of drug-likeness (QED) is 0.865. The van der Waals surface area contributed by atoms with Crippen molar-refractivity contribution in [3.8, 4) is 11.5 Å². The van der Waals surface area contributed by atoms with E-state index in [0.717, 1.165) is 29.3 Å². The fourth-order valence-electron chi connectivity index (χ4n) is 1.93. The van der Waals surface area contributed by atoms with E-state index in [-0.39, 0.29) is 0 Å². The smallest absolute Gasteiger partial charge is 0.163 e. The first-order chi connectivity index (χ1) is 9.31. The van der Waals surface area contributed by atoms with Gasteiger partial charge < -0.3 is 20.5 Å². The lowest BCUT2D eigenvalue weighted by molar-refractivity contribution is 0.297. The fraction of sp³-hybridized carbons (Fsp3) is 0.214. The van der Waals surface area contributed by atoms with E-state index in [2.05, 4.69) is 10.3 Å². The Hall–Kier alpha value is -2.43. The molecule has 1 aromatic heterocycles. The van der Waals surface area contributed by atoms with Gasteiger partial charge >= 0.3 is 0 Å². The Morgan fingerprint density at radius 3 is 2.68 bits per heavy atom. The standard InChI is InChI=1S/C14H15N3O2/c15-10-6-12(9-16-8-10)17-11-2-3-13-14(7-11)19-5-1-4-18-13/h2-3,6-9,17H,1,4-5,15H2. The first-order valence-corrected chi connectivity index (χ1v) is 6.18. The number of ether oxygens (including phenoxy) is 2. The second-order valence-electron chi connectivity index (χ2n) is 4.34. The van der Waals surface area contributed by atoms with Gasteiger partial charge in [0.25, 0.3) is 0 Å². The number of hydrogen-bond acceptors (Lipinski definition) is 5. The number of pyridine rings is 1. The highest BCUT2D eigenvalue weighted by Crippen LogP contribution is 2.33. The zero-order valence-corrected chi connectivity index (χ0v) is 10.4. The molecular weight excluding hydrogens is 242 g/mol. The molecule has 0 radical (unpaired) electrons. The molecule has 0 saturated carbocycles. The van der Waals surface area contributed by atoms with E-state index >= 15 is 0 Å². The van der Waals surface area contributed by atoms with Gasteiger partial charge in [0.1, 0.15) is 0 Å². The lowest BCUT2D eigenvalue weighted by atomic mass is 10.2. The summed E-state index contributed by atoms with van der Waals surface area (Å²) in [6.45, 7) is 1.37. The van der Waals surface area contributed by atoms with Gasteiger partial charge in [-0.25, -0.2) is 0 Å². The average Bonchev–Trinajstić information content (AvgIpc) is 2.63. The van der Waals surface area contributed by atoms with E-state index in [1.807, 2.05) is 24.3 Å². The van der Waals surface area contributed by atoms with Gasteiger partial charge in [-0.2, -0.15) is 0 Å². The Kier molecular flexibility index (Phi) is 3.10. The summed E-state index contributed by atoms with van der Waals surface area (Å²) in [5, 5.41) is 3.24. The van der Waals surface area contributed by atoms with Crippen molar-refractivity contribution >= 4 is 17.1 Å². The van der Waals surface area contributed by atoms with E-state index < -0.39 is 0 Å². The molecule has 98 valence electrons. The highest BCUT2D eigenvalue weighted by molar-refractivity contribution is 5.65. The van der Waals surface area contributed by atoms with Crippen molar-refractivity contribution < 1.29 is 9.47 Å². The highest BCUT2D eigenvalue weighted by atomic mass is 16.5. The Labute approximate surface area is 111 Å². The van der Waals surface area contributed by atoms with Gasteiger partial charge in [-0.15, -0.1) is 0 Å². The second kappa shape index (κ2) is 5.06. The average molecular weight is 257 g/mol. The fourth-order valence-corrected chi connectivity index (χ4v) is 1.93. The minimum Gasteiger partial charge on any atom is -0.490 e. The van der Waals surface area contributed by atoms with Gasteiger partial charge in [-0.05, 0) is 18.2 Å². The topological polar surface area (TPSA) is 69.4 Å². The van der Waals surface area contributed by atoms with Crippen LogP contribution in [0.5, 0.6) is 11.5 Å². The third kappa shape index (κ3) is 2.70. The molecule has 1 aromatic carbocycles. The van der Waals surface area contributed by atoms with E-state index in [9.17, 15) is 0 Å². The molecule has 5 heteroatoms. The molecule has 0 bridgehead atoms. The van der Waals surface area contributed by atoms with Crippen LogP contribution >= 0.6 is 0 Å². The summed E-state index contributed by atoms with van der Waals surface area (Å²) in [5.74, 6) is 1.55. The van der Waals surface area contributed by atoms with Crippen LogP contribution in [0.15, 0.2) is 36.7 Å². The summed E-state index contributed by atoms with van der Waals surface area (Å²) >= 11 is 0. The normalized spacial score (nSPS) is 13.7. The molecule has 5 nitrogen and oxygen atoms in total. The minimum atomic E-state index is 0.624. The number of nitrogens with one attached hydrogen (secondary N) is 1. The van der Waals surface area contributed by atoms with Gasteiger partial charge in [-0.3, -0.25) is 4.98 Å². The van der Waals surface area contributed by atoms with Crippen molar-refractivity contribution in [3.05, 3.63) is 36.7 Å². The summed E-state index contributed by atoms with van der Waals surface area (Å²) < 4.78 is 11.2. The highest BCUT2D eigenvalue weighted by Gasteiger charge is 2.10. The molecule has 0 aliphatic carbocycles. The molecule has 19 heavy (non-hydrogen) atoms. The SMILES string of the molecule is Nc1cncc(Nc2ccc3c(c2)OCCCO3)c1. The molecule has 2 aromatic rings. The van der Waals surface area contributed by atoms with Gasteiger partial charge in [0, 0.05) is 24.4 Å². The number of nitrogens with two attached hydrogens (primary N) is 1. The molecule has 3 rings (SSSR count). The van der Waals surface area contributed by atoms with Crippen molar-refractivity contribution in [2.24, 2.45) is 0 Å². The van der Waals surface area contributed by atoms with Crippen LogP contribution in [0.25, 0.3) is 0 Å². The summed E-state index contributed by atoms with van der Waals surface area (Å²) in [7, 11) is 0. The zero-order chi connectivity index (χ0) is 13.1. The first-order valence-electron chi connectivity index (χ1n) is 6.18. The van der Waals surface area contributed by atoms with E-state index in [4.69, 9.17) is 15.2 Å². The van der Waals surface area contributed by atoms with Crippen molar-refractivity contribution in [1.29, 1.82) is 0 Å². The second-order valence-corrected chi connectivity index (χ2v) is 4.34. The van der Waals surface area contributed by atoms with Crippen LogP contribution in [0, 0.1) is 0 Å². The summed E-state index contributed by atoms with van der Waals surface area (Å²) in [6, 6.07) is 7.60. The molecule has 3 N–H and O–H groups in total. The molecular formula is C14H15N3O2. The van der Waals surface area contributed by atoms with Crippen LogP contribution in [-0.4, -0.2) is 18.2 Å². The number of fused-ring (bicyclic) bond motifs is 1. The number of aromatic nitrogens is 1. The third-order valence-electron chi connectivity index (χ3n) is 2.80. The number of nitrogen functional groups attached to an aromatic ring is 1. The molecule has 0 unspecified atom stereocenters. The van der Waals surface area contributed by atoms with E-state index in [0.29, 0.717) is 18.9 Å². The lowest BCUT2D eigenvalue weighted by Gasteiger charge is -2.11. The lowest BCUT2D eigenvalue weighted by Crippen LogP contribution is -1.97. The van der Waals surface area contributed by atoms with Gasteiger partial charge in [0.15, 0.2) is 11.5 Å². The van der Waals surface area contributed by atoms with E-state index in [1.165, 1.54) is 0 Å². The molecule has 1 aliphatic rings. The van der Waals surface area contributed by atoms with E-state index in [1.54, 1.807) is 12.4 Å². The predicted molar refractivity (Wildman–Crippen MR) is 74.0 cm³/mol. The maximum Gasteiger partial charge on any atom is 0.163 e. The summed E-state index contributed by atoms with van der Waals surface area (Å²) in [4.78, 5) is 4.04. The molecule has 0 amide bonds. The number of nitrogens with zero attached hydrogens (tertiary/aromatic N) is 1. The van der Waals surface area contributed by atoms with Crippen LogP contribution < -0.4 is 20.5 Å². The van der Waals surface area contributed by atoms with Gasteiger partial charge in [0.2, 0.25) is 0 Å². The van der Waals surface area contributed by atoms with Crippen LogP contribution in [-0.2, 0) is 0 Å². The maximum absolute atomic E-state index is 5.70. The van der Waals surface area contributed by atoms with Crippen molar-refractivity contribution in [2.45, 2.75) is 6.42 Å². The van der Waals surface area contributed by atoms with Crippen LogP contribution in [0.2, 0.25) is 0 Å². The van der Waals surface area contributed by atoms with Crippen LogP contribution in [0.4, 0.5) is 17.1 Å². The minimum absolute atomic E-state index is 0.624. The summed E-state index contributed by atoms with van der Waals surface area (Å²) in [6.07, 6.45) is 4.23. The predicted octanol–water partition coefficient (Wildman–Crippen LogP) is 2.57. The molecule has 0 fully saturated rings.